The fourth-order valence-corrected chi connectivity index (χ4v) is 6.29. The van der Waals surface area contributed by atoms with Crippen molar-refractivity contribution in [1.29, 1.82) is 0 Å². The van der Waals surface area contributed by atoms with E-state index in [1.165, 1.54) is 5.56 Å². The van der Waals surface area contributed by atoms with E-state index >= 15 is 0 Å². The number of carboxylic acids is 1. The second-order valence-corrected chi connectivity index (χ2v) is 17.8. The third-order valence-corrected chi connectivity index (χ3v) is 7.95. The van der Waals surface area contributed by atoms with E-state index in [-0.39, 0.29) is 0 Å². The van der Waals surface area contributed by atoms with Crippen molar-refractivity contribution in [2.45, 2.75) is 44.9 Å². The molecule has 0 saturated carbocycles. The molecule has 0 aliphatic carbocycles. The molecule has 5 heteroatoms. The molecule has 3 nitrogen and oxygen atoms in total. The highest BCUT2D eigenvalue weighted by Gasteiger charge is 2.30. The van der Waals surface area contributed by atoms with Gasteiger partial charge < -0.3 is 10.4 Å². The molecule has 2 N–H and O–H groups in total. The number of benzene rings is 1. The fraction of sp³-hybridized carbons (Fsp3) is 0.533. The van der Waals surface area contributed by atoms with E-state index in [0.29, 0.717) is 11.2 Å². The second-order valence-electron chi connectivity index (χ2n) is 7.45. The number of carbonyl (C=O) groups is 1. The minimum atomic E-state index is -1.68. The Balaban J connectivity index is 3.43. The number of carboxylic acid groups (broad SMARTS) is 1. The van der Waals surface area contributed by atoms with Gasteiger partial charge in [0.05, 0.1) is 21.7 Å². The lowest BCUT2D eigenvalue weighted by molar-refractivity contribution is 0.0698. The van der Waals surface area contributed by atoms with Gasteiger partial charge in [0.15, 0.2) is 0 Å². The number of hydrogen-bond acceptors (Lipinski definition) is 2. The van der Waals surface area contributed by atoms with Crippen molar-refractivity contribution in [2.24, 2.45) is 0 Å². The Labute approximate surface area is 124 Å². The first-order valence-electron chi connectivity index (χ1n) is 7.03. The minimum absolute atomic E-state index is 0.348. The van der Waals surface area contributed by atoms with Gasteiger partial charge in [-0.2, -0.15) is 0 Å². The normalized spacial score (nSPS) is 14.2. The van der Waals surface area contributed by atoms with E-state index in [9.17, 15) is 9.90 Å². The maximum Gasteiger partial charge on any atom is 0.335 e. The van der Waals surface area contributed by atoms with E-state index in [1.54, 1.807) is 6.07 Å². The van der Waals surface area contributed by atoms with E-state index < -0.39 is 22.1 Å². The molecular formula is C15H27NO2Si2. The molecule has 0 amide bonds. The topological polar surface area (TPSA) is 49.3 Å². The molecule has 112 valence electrons. The summed E-state index contributed by atoms with van der Waals surface area (Å²) in [4.78, 5) is 11.4. The van der Waals surface area contributed by atoms with Crippen LogP contribution >= 0.6 is 0 Å². The number of aromatic carboxylic acids is 1. The van der Waals surface area contributed by atoms with Crippen LogP contribution in [0.1, 0.15) is 21.6 Å². The molecule has 0 radical (unpaired) electrons. The zero-order valence-corrected chi connectivity index (χ0v) is 15.7. The van der Waals surface area contributed by atoms with Gasteiger partial charge >= 0.3 is 5.97 Å². The second kappa shape index (κ2) is 5.83. The third-order valence-electron chi connectivity index (χ3n) is 3.57. The summed E-state index contributed by atoms with van der Waals surface area (Å²) in [5.74, 6) is -0.817. The SMILES string of the molecule is CNC(c1ccc(C(=O)O)c([Si](C)(C)C)c1)[Si](C)(C)C. The van der Waals surface area contributed by atoms with Gasteiger partial charge in [0.2, 0.25) is 0 Å². The first kappa shape index (κ1) is 17.1. The summed E-state index contributed by atoms with van der Waals surface area (Å²) in [6.07, 6.45) is 0. The average molecular weight is 310 g/mol. The molecule has 1 atom stereocenters. The first-order chi connectivity index (χ1) is 8.98. The van der Waals surface area contributed by atoms with Crippen molar-refractivity contribution in [2.75, 3.05) is 7.05 Å². The summed E-state index contributed by atoms with van der Waals surface area (Å²) < 4.78 is 0. The highest BCUT2D eigenvalue weighted by atomic mass is 28.3. The first-order valence-corrected chi connectivity index (χ1v) is 14.1. The molecule has 1 rings (SSSR count). The molecule has 0 fully saturated rings. The van der Waals surface area contributed by atoms with Crippen LogP contribution in [0.3, 0.4) is 0 Å². The molecular weight excluding hydrogens is 282 g/mol. The summed E-state index contributed by atoms with van der Waals surface area (Å²) in [6, 6.07) is 5.90. The fourth-order valence-electron chi connectivity index (χ4n) is 2.65. The molecule has 1 unspecified atom stereocenters. The van der Waals surface area contributed by atoms with Gasteiger partial charge in [-0.1, -0.05) is 51.4 Å². The van der Waals surface area contributed by atoms with Crippen molar-refractivity contribution < 1.29 is 9.90 Å². The Morgan fingerprint density at radius 3 is 2.05 bits per heavy atom. The van der Waals surface area contributed by atoms with E-state index in [2.05, 4.69) is 50.7 Å². The van der Waals surface area contributed by atoms with Gasteiger partial charge in [0.25, 0.3) is 0 Å². The Morgan fingerprint density at radius 2 is 1.70 bits per heavy atom. The highest BCUT2D eigenvalue weighted by molar-refractivity contribution is 6.89. The Bertz CT molecular complexity index is 502. The molecule has 0 spiro atoms. The summed E-state index contributed by atoms with van der Waals surface area (Å²) in [5, 5.41) is 13.8. The molecule has 0 saturated heterocycles. The van der Waals surface area contributed by atoms with Crippen LogP contribution in [0.4, 0.5) is 0 Å². The van der Waals surface area contributed by atoms with Gasteiger partial charge in [-0.25, -0.2) is 4.79 Å². The zero-order chi connectivity index (χ0) is 15.7. The lowest BCUT2D eigenvalue weighted by Gasteiger charge is -2.30. The Morgan fingerprint density at radius 1 is 1.15 bits per heavy atom. The average Bonchev–Trinajstić information content (AvgIpc) is 2.26. The molecule has 0 heterocycles. The van der Waals surface area contributed by atoms with Crippen LogP contribution in [0.2, 0.25) is 39.3 Å². The van der Waals surface area contributed by atoms with Gasteiger partial charge in [0.1, 0.15) is 0 Å². The molecule has 0 aliphatic rings. The monoisotopic (exact) mass is 309 g/mol. The van der Waals surface area contributed by atoms with Crippen LogP contribution in [0.5, 0.6) is 0 Å². The maximum absolute atomic E-state index is 11.4. The maximum atomic E-state index is 11.4. The van der Waals surface area contributed by atoms with E-state index in [1.807, 2.05) is 13.1 Å². The standard InChI is InChI=1S/C15H27NO2Si2/c1-16-14(20(5,6)7)11-8-9-12(15(17)18)13(10-11)19(2,3)4/h8-10,14,16H,1-7H3,(H,17,18). The quantitative estimate of drug-likeness (QED) is 0.822. The van der Waals surface area contributed by atoms with Gasteiger partial charge in [0, 0.05) is 5.67 Å². The van der Waals surface area contributed by atoms with Gasteiger partial charge in [-0.3, -0.25) is 0 Å². The van der Waals surface area contributed by atoms with Crippen LogP contribution in [0.25, 0.3) is 0 Å². The van der Waals surface area contributed by atoms with Crippen LogP contribution in [0, 0.1) is 0 Å². The lowest BCUT2D eigenvalue weighted by Crippen LogP contribution is -2.44. The Kier molecular flexibility index (Phi) is 5.00. The smallest absolute Gasteiger partial charge is 0.335 e. The van der Waals surface area contributed by atoms with Crippen molar-refractivity contribution in [1.82, 2.24) is 5.32 Å². The minimum Gasteiger partial charge on any atom is -0.478 e. The van der Waals surface area contributed by atoms with Crippen molar-refractivity contribution >= 4 is 27.3 Å². The number of hydrogen-bond donors (Lipinski definition) is 2. The largest absolute Gasteiger partial charge is 0.478 e. The predicted molar refractivity (Wildman–Crippen MR) is 91.5 cm³/mol. The molecule has 1 aromatic rings. The van der Waals surface area contributed by atoms with Crippen LogP contribution in [0.15, 0.2) is 18.2 Å². The van der Waals surface area contributed by atoms with Crippen molar-refractivity contribution in [3.8, 4) is 0 Å². The molecule has 0 aliphatic heterocycles. The van der Waals surface area contributed by atoms with Gasteiger partial charge in [-0.05, 0) is 23.9 Å². The molecule has 20 heavy (non-hydrogen) atoms. The van der Waals surface area contributed by atoms with E-state index in [0.717, 1.165) is 5.19 Å². The summed E-state index contributed by atoms with van der Waals surface area (Å²) in [6.45, 7) is 13.6. The summed E-state index contributed by atoms with van der Waals surface area (Å²) in [7, 11) is -1.09. The zero-order valence-electron chi connectivity index (χ0n) is 13.7. The summed E-state index contributed by atoms with van der Waals surface area (Å²) >= 11 is 0. The molecule has 0 bridgehead atoms. The van der Waals surface area contributed by atoms with Crippen LogP contribution in [-0.4, -0.2) is 34.3 Å². The Hall–Kier alpha value is -0.916. The number of nitrogens with one attached hydrogen (secondary N) is 1. The van der Waals surface area contributed by atoms with Gasteiger partial charge in [-0.15, -0.1) is 0 Å². The predicted octanol–water partition coefficient (Wildman–Crippen LogP) is 3.07. The summed E-state index contributed by atoms with van der Waals surface area (Å²) in [5.41, 5.74) is 2.05. The van der Waals surface area contributed by atoms with Crippen LogP contribution < -0.4 is 10.5 Å². The number of rotatable bonds is 5. The lowest BCUT2D eigenvalue weighted by atomic mass is 10.1. The van der Waals surface area contributed by atoms with Crippen molar-refractivity contribution in [3.63, 3.8) is 0 Å². The molecule has 1 aromatic carbocycles. The van der Waals surface area contributed by atoms with Crippen LogP contribution in [-0.2, 0) is 0 Å². The van der Waals surface area contributed by atoms with E-state index in [4.69, 9.17) is 0 Å². The molecule has 0 aromatic heterocycles. The van der Waals surface area contributed by atoms with Crippen molar-refractivity contribution in [3.05, 3.63) is 29.3 Å². The third kappa shape index (κ3) is 3.80. The highest BCUT2D eigenvalue weighted by Crippen LogP contribution is 2.24.